The zero-order valence-electron chi connectivity index (χ0n) is 13.7. The van der Waals surface area contributed by atoms with Crippen LogP contribution < -0.4 is 10.6 Å². The maximum Gasteiger partial charge on any atom is 0.191 e. The molecule has 5 heteroatoms. The molecule has 1 heterocycles. The van der Waals surface area contributed by atoms with Gasteiger partial charge in [-0.3, -0.25) is 4.99 Å². The molecule has 0 atom stereocenters. The third-order valence-corrected chi connectivity index (χ3v) is 5.89. The van der Waals surface area contributed by atoms with Crippen LogP contribution in [0.1, 0.15) is 60.5 Å². The Hall–Kier alpha value is -1.10. The Kier molecular flexibility index (Phi) is 5.70. The van der Waals surface area contributed by atoms with Crippen LogP contribution in [0.3, 0.4) is 0 Å². The van der Waals surface area contributed by atoms with Gasteiger partial charge in [0, 0.05) is 30.9 Å². The lowest BCUT2D eigenvalue weighted by Crippen LogP contribution is -2.42. The van der Waals surface area contributed by atoms with Crippen molar-refractivity contribution >= 4 is 17.3 Å². The van der Waals surface area contributed by atoms with E-state index in [4.69, 9.17) is 4.98 Å². The lowest BCUT2D eigenvalue weighted by Gasteiger charge is -2.16. The average molecular weight is 321 g/mol. The number of aryl methyl sites for hydroxylation is 3. The molecule has 0 bridgehead atoms. The molecule has 2 aliphatic rings. The first-order valence-corrected chi connectivity index (χ1v) is 9.61. The van der Waals surface area contributed by atoms with E-state index in [-0.39, 0.29) is 0 Å². The Morgan fingerprint density at radius 2 is 2.05 bits per heavy atom. The van der Waals surface area contributed by atoms with Gasteiger partial charge in [0.2, 0.25) is 0 Å². The number of nitrogens with one attached hydrogen (secondary N) is 2. The van der Waals surface area contributed by atoms with Gasteiger partial charge in [0.15, 0.2) is 5.96 Å². The fourth-order valence-corrected chi connectivity index (χ4v) is 4.62. The number of thiazole rings is 1. The molecule has 2 aliphatic carbocycles. The van der Waals surface area contributed by atoms with E-state index in [1.165, 1.54) is 62.1 Å². The lowest BCUT2D eigenvalue weighted by atomic mass is 10.0. The third kappa shape index (κ3) is 4.22. The van der Waals surface area contributed by atoms with Gasteiger partial charge >= 0.3 is 0 Å². The van der Waals surface area contributed by atoms with Crippen molar-refractivity contribution in [1.29, 1.82) is 0 Å². The van der Waals surface area contributed by atoms with E-state index in [1.807, 2.05) is 18.4 Å². The summed E-state index contributed by atoms with van der Waals surface area (Å²) < 4.78 is 0. The predicted molar refractivity (Wildman–Crippen MR) is 93.8 cm³/mol. The van der Waals surface area contributed by atoms with E-state index in [2.05, 4.69) is 15.6 Å². The first-order valence-electron chi connectivity index (χ1n) is 8.80. The van der Waals surface area contributed by atoms with Gasteiger partial charge in [-0.15, -0.1) is 11.3 Å². The van der Waals surface area contributed by atoms with Crippen molar-refractivity contribution < 1.29 is 0 Å². The zero-order valence-corrected chi connectivity index (χ0v) is 14.5. The van der Waals surface area contributed by atoms with Crippen LogP contribution in [-0.4, -0.2) is 30.6 Å². The third-order valence-electron chi connectivity index (χ3n) is 4.67. The highest BCUT2D eigenvalue weighted by molar-refractivity contribution is 7.11. The smallest absolute Gasteiger partial charge is 0.191 e. The molecule has 0 saturated heterocycles. The van der Waals surface area contributed by atoms with Crippen molar-refractivity contribution in [3.8, 4) is 0 Å². The van der Waals surface area contributed by atoms with Crippen molar-refractivity contribution in [2.24, 2.45) is 4.99 Å². The highest BCUT2D eigenvalue weighted by Gasteiger charge is 2.16. The van der Waals surface area contributed by atoms with Crippen LogP contribution in [0.15, 0.2) is 4.99 Å². The molecule has 1 aromatic heterocycles. The van der Waals surface area contributed by atoms with E-state index in [1.54, 1.807) is 4.88 Å². The van der Waals surface area contributed by atoms with Crippen molar-refractivity contribution in [3.63, 3.8) is 0 Å². The summed E-state index contributed by atoms with van der Waals surface area (Å²) in [6, 6.07) is 0.622. The van der Waals surface area contributed by atoms with Crippen LogP contribution in [0.25, 0.3) is 0 Å². The minimum atomic E-state index is 0.622. The van der Waals surface area contributed by atoms with E-state index < -0.39 is 0 Å². The summed E-state index contributed by atoms with van der Waals surface area (Å²) in [5.41, 5.74) is 1.39. The molecule has 2 N–H and O–H groups in total. The van der Waals surface area contributed by atoms with Crippen LogP contribution in [0.4, 0.5) is 0 Å². The van der Waals surface area contributed by atoms with Crippen molar-refractivity contribution in [1.82, 2.24) is 15.6 Å². The van der Waals surface area contributed by atoms with Crippen LogP contribution in [0.5, 0.6) is 0 Å². The Labute approximate surface area is 137 Å². The standard InChI is InChI=1S/C17H28N4S/c1-18-17(20-13-7-2-3-8-13)19-12-6-11-16-21-14-9-4-5-10-15(14)22-16/h13H,2-12H2,1H3,(H2,18,19,20). The van der Waals surface area contributed by atoms with Crippen LogP contribution in [-0.2, 0) is 19.3 Å². The average Bonchev–Trinajstić information content (AvgIpc) is 3.19. The second kappa shape index (κ2) is 7.95. The number of hydrogen-bond donors (Lipinski definition) is 2. The molecule has 0 radical (unpaired) electrons. The molecular weight excluding hydrogens is 292 g/mol. The highest BCUT2D eigenvalue weighted by Crippen LogP contribution is 2.27. The molecule has 1 saturated carbocycles. The van der Waals surface area contributed by atoms with Crippen LogP contribution in [0, 0.1) is 0 Å². The number of guanidine groups is 1. The lowest BCUT2D eigenvalue weighted by molar-refractivity contribution is 0.610. The summed E-state index contributed by atoms with van der Waals surface area (Å²) in [5, 5.41) is 8.30. The molecule has 0 unspecified atom stereocenters. The minimum Gasteiger partial charge on any atom is -0.356 e. The van der Waals surface area contributed by atoms with E-state index in [0.29, 0.717) is 6.04 Å². The molecule has 1 aromatic rings. The van der Waals surface area contributed by atoms with E-state index in [9.17, 15) is 0 Å². The van der Waals surface area contributed by atoms with E-state index >= 15 is 0 Å². The summed E-state index contributed by atoms with van der Waals surface area (Å²) in [5.74, 6) is 0.963. The van der Waals surface area contributed by atoms with Crippen LogP contribution in [0.2, 0.25) is 0 Å². The number of aliphatic imine (C=N–C) groups is 1. The maximum absolute atomic E-state index is 4.82. The number of fused-ring (bicyclic) bond motifs is 1. The molecule has 22 heavy (non-hydrogen) atoms. The molecular formula is C17H28N4S. The topological polar surface area (TPSA) is 49.3 Å². The zero-order chi connectivity index (χ0) is 15.2. The summed E-state index contributed by atoms with van der Waals surface area (Å²) in [6.07, 6.45) is 12.6. The number of hydrogen-bond acceptors (Lipinski definition) is 3. The van der Waals surface area contributed by atoms with Gasteiger partial charge in [0.05, 0.1) is 10.7 Å². The fourth-order valence-electron chi connectivity index (χ4n) is 3.42. The van der Waals surface area contributed by atoms with Gasteiger partial charge in [0.1, 0.15) is 0 Å². The second-order valence-corrected chi connectivity index (χ2v) is 7.58. The first-order chi connectivity index (χ1) is 10.8. The van der Waals surface area contributed by atoms with Gasteiger partial charge in [-0.1, -0.05) is 12.8 Å². The van der Waals surface area contributed by atoms with Crippen molar-refractivity contribution in [2.45, 2.75) is 70.3 Å². The van der Waals surface area contributed by atoms with Gasteiger partial charge < -0.3 is 10.6 Å². The fraction of sp³-hybridized carbons (Fsp3) is 0.765. The Balaban J connectivity index is 1.38. The van der Waals surface area contributed by atoms with Crippen LogP contribution >= 0.6 is 11.3 Å². The monoisotopic (exact) mass is 320 g/mol. The summed E-state index contributed by atoms with van der Waals surface area (Å²) in [6.45, 7) is 0.969. The summed E-state index contributed by atoms with van der Waals surface area (Å²) >= 11 is 1.94. The number of aromatic nitrogens is 1. The summed E-state index contributed by atoms with van der Waals surface area (Å²) in [7, 11) is 1.86. The molecule has 4 nitrogen and oxygen atoms in total. The van der Waals surface area contributed by atoms with Gasteiger partial charge in [-0.2, -0.15) is 0 Å². The molecule has 0 aliphatic heterocycles. The number of nitrogens with zero attached hydrogens (tertiary/aromatic N) is 2. The highest BCUT2D eigenvalue weighted by atomic mass is 32.1. The summed E-state index contributed by atoms with van der Waals surface area (Å²) in [4.78, 5) is 10.7. The quantitative estimate of drug-likeness (QED) is 0.498. The van der Waals surface area contributed by atoms with Crippen molar-refractivity contribution in [3.05, 3.63) is 15.6 Å². The Morgan fingerprint density at radius 1 is 1.23 bits per heavy atom. The molecule has 0 aromatic carbocycles. The molecule has 3 rings (SSSR count). The maximum atomic E-state index is 4.82. The van der Waals surface area contributed by atoms with Gasteiger partial charge in [-0.05, 0) is 44.9 Å². The molecule has 0 amide bonds. The molecule has 0 spiro atoms. The predicted octanol–water partition coefficient (Wildman–Crippen LogP) is 3.06. The number of rotatable bonds is 5. The SMILES string of the molecule is CN=C(NCCCc1nc2c(s1)CCCC2)NC1CCCC1. The largest absolute Gasteiger partial charge is 0.356 e. The van der Waals surface area contributed by atoms with Crippen molar-refractivity contribution in [2.75, 3.05) is 13.6 Å². The Morgan fingerprint density at radius 3 is 2.82 bits per heavy atom. The van der Waals surface area contributed by atoms with Gasteiger partial charge in [0.25, 0.3) is 0 Å². The minimum absolute atomic E-state index is 0.622. The Bertz CT molecular complexity index is 479. The second-order valence-electron chi connectivity index (χ2n) is 6.41. The van der Waals surface area contributed by atoms with E-state index in [0.717, 1.165) is 25.3 Å². The molecule has 1 fully saturated rings. The van der Waals surface area contributed by atoms with Gasteiger partial charge in [-0.25, -0.2) is 4.98 Å². The first kappa shape index (κ1) is 15.8. The molecule has 122 valence electrons. The normalized spacial score (nSPS) is 19.2.